The zero-order valence-corrected chi connectivity index (χ0v) is 17.6. The lowest BCUT2D eigenvalue weighted by atomic mass is 9.94. The fourth-order valence-corrected chi connectivity index (χ4v) is 4.23. The molecule has 1 aromatic heterocycles. The van der Waals surface area contributed by atoms with Crippen LogP contribution in [0.1, 0.15) is 37.1 Å². The standard InChI is InChI=1S/C19H18Cl2N4O2S/c1-9-8-14(24-27-9)22-18(26)15-10(2)25(11-6-7-11)19(28)23-17(15)12-4-3-5-13(20)16(12)21/h3-5,8,11,17H,6-7H2,1-2H3,(H,23,28)(H,22,24,26). The van der Waals surface area contributed by atoms with E-state index >= 15 is 0 Å². The van der Waals surface area contributed by atoms with Crippen LogP contribution in [-0.2, 0) is 4.79 Å². The van der Waals surface area contributed by atoms with Crippen LogP contribution in [-0.4, -0.2) is 27.1 Å². The molecular weight excluding hydrogens is 419 g/mol. The summed E-state index contributed by atoms with van der Waals surface area (Å²) in [6, 6.07) is 6.79. The number of thiocarbonyl (C=S) groups is 1. The maximum Gasteiger partial charge on any atom is 0.257 e. The second-order valence-corrected chi connectivity index (χ2v) is 8.07. The van der Waals surface area contributed by atoms with Gasteiger partial charge in [0.15, 0.2) is 10.9 Å². The van der Waals surface area contributed by atoms with Gasteiger partial charge < -0.3 is 20.1 Å². The van der Waals surface area contributed by atoms with E-state index < -0.39 is 6.04 Å². The number of allylic oxidation sites excluding steroid dienone is 1. The minimum Gasteiger partial charge on any atom is -0.360 e. The second-order valence-electron chi connectivity index (χ2n) is 6.90. The molecule has 1 amide bonds. The minimum absolute atomic E-state index is 0.299. The van der Waals surface area contributed by atoms with Crippen molar-refractivity contribution in [1.82, 2.24) is 15.4 Å². The van der Waals surface area contributed by atoms with Crippen molar-refractivity contribution in [2.24, 2.45) is 0 Å². The number of hydrogen-bond acceptors (Lipinski definition) is 4. The molecule has 28 heavy (non-hydrogen) atoms. The van der Waals surface area contributed by atoms with E-state index in [9.17, 15) is 4.79 Å². The monoisotopic (exact) mass is 436 g/mol. The van der Waals surface area contributed by atoms with Crippen LogP contribution in [0.15, 0.2) is 40.1 Å². The van der Waals surface area contributed by atoms with Gasteiger partial charge in [-0.3, -0.25) is 4.79 Å². The molecule has 2 aromatic rings. The Labute approximate surface area is 177 Å². The van der Waals surface area contributed by atoms with Crippen molar-refractivity contribution in [1.29, 1.82) is 0 Å². The van der Waals surface area contributed by atoms with Crippen LogP contribution in [0, 0.1) is 6.92 Å². The Morgan fingerprint density at radius 1 is 1.36 bits per heavy atom. The maximum absolute atomic E-state index is 13.2. The van der Waals surface area contributed by atoms with Gasteiger partial charge in [0.1, 0.15) is 5.76 Å². The topological polar surface area (TPSA) is 70.4 Å². The number of nitrogens with zero attached hydrogens (tertiary/aromatic N) is 2. The summed E-state index contributed by atoms with van der Waals surface area (Å²) in [5.74, 6) is 0.662. The Kier molecular flexibility index (Phi) is 5.07. The number of benzene rings is 1. The molecule has 146 valence electrons. The van der Waals surface area contributed by atoms with Crippen LogP contribution in [0.5, 0.6) is 0 Å². The van der Waals surface area contributed by atoms with Gasteiger partial charge in [0.25, 0.3) is 5.91 Å². The SMILES string of the molecule is CC1=C(C(=O)Nc2cc(C)on2)C(c2cccc(Cl)c2Cl)NC(=S)N1C1CC1. The Balaban J connectivity index is 1.78. The van der Waals surface area contributed by atoms with Crippen molar-refractivity contribution in [2.75, 3.05) is 5.32 Å². The Morgan fingerprint density at radius 3 is 2.75 bits per heavy atom. The lowest BCUT2D eigenvalue weighted by Crippen LogP contribution is -2.49. The molecule has 2 aliphatic rings. The number of hydrogen-bond donors (Lipinski definition) is 2. The van der Waals surface area contributed by atoms with Gasteiger partial charge in [-0.2, -0.15) is 0 Å². The number of carbonyl (C=O) groups is 1. The van der Waals surface area contributed by atoms with Gasteiger partial charge in [0.2, 0.25) is 0 Å². The minimum atomic E-state index is -0.526. The summed E-state index contributed by atoms with van der Waals surface area (Å²) in [7, 11) is 0. The quantitative estimate of drug-likeness (QED) is 0.682. The average Bonchev–Trinajstić information content (AvgIpc) is 3.38. The van der Waals surface area contributed by atoms with E-state index in [-0.39, 0.29) is 5.91 Å². The Bertz CT molecular complexity index is 1000. The molecule has 1 atom stereocenters. The third kappa shape index (κ3) is 3.50. The van der Waals surface area contributed by atoms with Gasteiger partial charge in [-0.25, -0.2) is 0 Å². The molecule has 1 aromatic carbocycles. The van der Waals surface area contributed by atoms with Crippen LogP contribution >= 0.6 is 35.4 Å². The van der Waals surface area contributed by atoms with Gasteiger partial charge in [0.05, 0.1) is 21.7 Å². The van der Waals surface area contributed by atoms with E-state index in [0.29, 0.717) is 43.9 Å². The van der Waals surface area contributed by atoms with Crippen molar-refractivity contribution in [3.05, 3.63) is 56.9 Å². The summed E-state index contributed by atoms with van der Waals surface area (Å²) in [4.78, 5) is 15.2. The van der Waals surface area contributed by atoms with Crippen LogP contribution < -0.4 is 10.6 Å². The molecule has 1 fully saturated rings. The van der Waals surface area contributed by atoms with Gasteiger partial charge in [0, 0.05) is 17.8 Å². The normalized spacial score (nSPS) is 19.6. The number of aromatic nitrogens is 1. The molecule has 1 aliphatic carbocycles. The molecule has 2 N–H and O–H groups in total. The molecule has 1 saturated carbocycles. The first kappa shape index (κ1) is 19.2. The highest BCUT2D eigenvalue weighted by Crippen LogP contribution is 2.40. The van der Waals surface area contributed by atoms with Crippen LogP contribution in [0.2, 0.25) is 10.0 Å². The molecule has 1 aliphatic heterocycles. The van der Waals surface area contributed by atoms with Crippen LogP contribution in [0.3, 0.4) is 0 Å². The summed E-state index contributed by atoms with van der Waals surface area (Å²) in [6.07, 6.45) is 2.08. The summed E-state index contributed by atoms with van der Waals surface area (Å²) < 4.78 is 5.05. The predicted octanol–water partition coefficient (Wildman–Crippen LogP) is 4.60. The first-order valence-electron chi connectivity index (χ1n) is 8.86. The number of halogens is 2. The molecule has 0 bridgehead atoms. The van der Waals surface area contributed by atoms with Crippen molar-refractivity contribution < 1.29 is 9.32 Å². The molecule has 9 heteroatoms. The highest BCUT2D eigenvalue weighted by Gasteiger charge is 2.41. The Morgan fingerprint density at radius 2 is 2.11 bits per heavy atom. The smallest absolute Gasteiger partial charge is 0.257 e. The van der Waals surface area contributed by atoms with Crippen molar-refractivity contribution in [3.63, 3.8) is 0 Å². The molecule has 0 radical (unpaired) electrons. The number of amides is 1. The van der Waals surface area contributed by atoms with E-state index in [1.807, 2.05) is 17.9 Å². The highest BCUT2D eigenvalue weighted by atomic mass is 35.5. The molecule has 0 spiro atoms. The second kappa shape index (κ2) is 7.39. The van der Waals surface area contributed by atoms with Crippen molar-refractivity contribution >= 4 is 52.3 Å². The van der Waals surface area contributed by atoms with Crippen molar-refractivity contribution in [3.8, 4) is 0 Å². The fraction of sp³-hybridized carbons (Fsp3) is 0.316. The lowest BCUT2D eigenvalue weighted by molar-refractivity contribution is -0.113. The number of rotatable bonds is 4. The molecule has 2 heterocycles. The van der Waals surface area contributed by atoms with E-state index in [4.69, 9.17) is 39.9 Å². The van der Waals surface area contributed by atoms with E-state index in [2.05, 4.69) is 15.8 Å². The largest absolute Gasteiger partial charge is 0.360 e. The first-order chi connectivity index (χ1) is 13.4. The van der Waals surface area contributed by atoms with E-state index in [1.165, 1.54) is 0 Å². The molecule has 0 saturated heterocycles. The number of aryl methyl sites for hydroxylation is 1. The number of nitrogens with one attached hydrogen (secondary N) is 2. The molecule has 4 rings (SSSR count). The Hall–Kier alpha value is -2.09. The molecular formula is C19H18Cl2N4O2S. The summed E-state index contributed by atoms with van der Waals surface area (Å²) >= 11 is 18.3. The van der Waals surface area contributed by atoms with E-state index in [0.717, 1.165) is 18.5 Å². The average molecular weight is 437 g/mol. The first-order valence-corrected chi connectivity index (χ1v) is 10.0. The van der Waals surface area contributed by atoms with Crippen LogP contribution in [0.25, 0.3) is 0 Å². The maximum atomic E-state index is 13.2. The van der Waals surface area contributed by atoms with Gasteiger partial charge in [-0.15, -0.1) is 0 Å². The zero-order chi connectivity index (χ0) is 20.0. The number of carbonyl (C=O) groups excluding carboxylic acids is 1. The third-order valence-corrected chi connectivity index (χ3v) is 5.99. The van der Waals surface area contributed by atoms with Gasteiger partial charge >= 0.3 is 0 Å². The zero-order valence-electron chi connectivity index (χ0n) is 15.3. The fourth-order valence-electron chi connectivity index (χ4n) is 3.41. The summed E-state index contributed by atoms with van der Waals surface area (Å²) in [5, 5.41) is 11.3. The van der Waals surface area contributed by atoms with E-state index in [1.54, 1.807) is 25.1 Å². The molecule has 1 unspecified atom stereocenters. The summed E-state index contributed by atoms with van der Waals surface area (Å²) in [5.41, 5.74) is 2.00. The number of anilines is 1. The summed E-state index contributed by atoms with van der Waals surface area (Å²) in [6.45, 7) is 3.66. The van der Waals surface area contributed by atoms with Crippen molar-refractivity contribution in [2.45, 2.75) is 38.8 Å². The molecule has 6 nitrogen and oxygen atoms in total. The lowest BCUT2D eigenvalue weighted by Gasteiger charge is -2.38. The van der Waals surface area contributed by atoms with Crippen LogP contribution in [0.4, 0.5) is 5.82 Å². The predicted molar refractivity (Wildman–Crippen MR) is 112 cm³/mol. The highest BCUT2D eigenvalue weighted by molar-refractivity contribution is 7.80. The van der Waals surface area contributed by atoms with Gasteiger partial charge in [-0.1, -0.05) is 40.5 Å². The third-order valence-electron chi connectivity index (χ3n) is 4.85. The van der Waals surface area contributed by atoms with Gasteiger partial charge in [-0.05, 0) is 50.5 Å².